The Labute approximate surface area is 174 Å². The van der Waals surface area contributed by atoms with E-state index in [1.54, 1.807) is 49.4 Å². The van der Waals surface area contributed by atoms with Gasteiger partial charge in [0.2, 0.25) is 5.91 Å². The number of amides is 2. The minimum atomic E-state index is -0.675. The van der Waals surface area contributed by atoms with Gasteiger partial charge in [0.25, 0.3) is 5.91 Å². The molecule has 8 heteroatoms. The van der Waals surface area contributed by atoms with Crippen LogP contribution >= 0.6 is 11.6 Å². The Bertz CT molecular complexity index is 900. The number of para-hydroxylation sites is 1. The second-order valence-electron chi connectivity index (χ2n) is 6.19. The molecular formula is C21H23ClN2O5. The van der Waals surface area contributed by atoms with Crippen molar-refractivity contribution in [2.75, 3.05) is 32.1 Å². The van der Waals surface area contributed by atoms with Crippen LogP contribution in [0.2, 0.25) is 5.02 Å². The van der Waals surface area contributed by atoms with E-state index < -0.39 is 18.5 Å². The number of anilines is 1. The number of nitrogens with zero attached hydrogens (tertiary/aromatic N) is 1. The third-order valence-electron chi connectivity index (χ3n) is 4.20. The smallest absolute Gasteiger partial charge is 0.342 e. The molecule has 0 unspecified atom stereocenters. The molecule has 0 aliphatic heterocycles. The summed E-state index contributed by atoms with van der Waals surface area (Å²) < 4.78 is 10.2. The number of rotatable bonds is 8. The number of benzene rings is 2. The Morgan fingerprint density at radius 3 is 2.55 bits per heavy atom. The fourth-order valence-corrected chi connectivity index (χ4v) is 2.75. The summed E-state index contributed by atoms with van der Waals surface area (Å²) in [4.78, 5) is 38.2. The minimum absolute atomic E-state index is 0.173. The molecule has 0 saturated carbocycles. The van der Waals surface area contributed by atoms with Crippen molar-refractivity contribution in [3.05, 3.63) is 58.6 Å². The zero-order valence-electron chi connectivity index (χ0n) is 16.5. The van der Waals surface area contributed by atoms with Crippen molar-refractivity contribution in [1.29, 1.82) is 0 Å². The van der Waals surface area contributed by atoms with Crippen LogP contribution in [0.3, 0.4) is 0 Å². The molecule has 2 amide bonds. The van der Waals surface area contributed by atoms with Gasteiger partial charge in [0.1, 0.15) is 11.3 Å². The molecule has 2 aromatic carbocycles. The number of likely N-dealkylation sites (N-methyl/N-ethyl adjacent to an activating group) is 1. The molecule has 0 bridgehead atoms. The highest BCUT2D eigenvalue weighted by atomic mass is 35.5. The first-order valence-corrected chi connectivity index (χ1v) is 9.37. The fraction of sp³-hybridized carbons (Fsp3) is 0.286. The highest BCUT2D eigenvalue weighted by Crippen LogP contribution is 2.20. The van der Waals surface area contributed by atoms with E-state index in [2.05, 4.69) is 5.32 Å². The molecule has 2 aromatic rings. The summed E-state index contributed by atoms with van der Waals surface area (Å²) in [6.07, 6.45) is 0. The maximum atomic E-state index is 12.4. The third-order valence-corrected chi connectivity index (χ3v) is 4.43. The topological polar surface area (TPSA) is 84.9 Å². The van der Waals surface area contributed by atoms with Crippen LogP contribution < -0.4 is 10.1 Å². The summed E-state index contributed by atoms with van der Waals surface area (Å²) in [6.45, 7) is 3.21. The predicted molar refractivity (Wildman–Crippen MR) is 110 cm³/mol. The maximum Gasteiger partial charge on any atom is 0.342 e. The highest BCUT2D eigenvalue weighted by molar-refractivity contribution is 6.31. The van der Waals surface area contributed by atoms with Crippen LogP contribution in [-0.2, 0) is 14.3 Å². The first-order valence-electron chi connectivity index (χ1n) is 8.99. The number of hydrogen-bond donors (Lipinski definition) is 1. The molecule has 29 heavy (non-hydrogen) atoms. The number of methoxy groups -OCH3 is 1. The molecule has 1 N–H and O–H groups in total. The van der Waals surface area contributed by atoms with E-state index in [9.17, 15) is 14.4 Å². The van der Waals surface area contributed by atoms with Gasteiger partial charge in [0, 0.05) is 17.3 Å². The van der Waals surface area contributed by atoms with Crippen LogP contribution in [0.5, 0.6) is 5.75 Å². The summed E-state index contributed by atoms with van der Waals surface area (Å²) in [5, 5.41) is 3.23. The van der Waals surface area contributed by atoms with Gasteiger partial charge in [-0.25, -0.2) is 4.79 Å². The number of nitrogens with one attached hydrogen (secondary N) is 1. The Kier molecular flexibility index (Phi) is 8.03. The maximum absolute atomic E-state index is 12.4. The first-order chi connectivity index (χ1) is 13.8. The van der Waals surface area contributed by atoms with Gasteiger partial charge in [0.15, 0.2) is 6.61 Å². The average molecular weight is 419 g/mol. The van der Waals surface area contributed by atoms with Crippen molar-refractivity contribution in [2.24, 2.45) is 0 Å². The van der Waals surface area contributed by atoms with Gasteiger partial charge in [0.05, 0.1) is 13.7 Å². The monoisotopic (exact) mass is 418 g/mol. The zero-order chi connectivity index (χ0) is 21.4. The quantitative estimate of drug-likeness (QED) is 0.665. The third kappa shape index (κ3) is 6.22. The molecule has 0 aliphatic rings. The number of ether oxygens (including phenoxy) is 2. The SMILES string of the molecule is CCN(CC(=O)Nc1cc(Cl)ccc1C)C(=O)COC(=O)c1ccccc1OC. The van der Waals surface area contributed by atoms with Crippen molar-refractivity contribution in [1.82, 2.24) is 4.90 Å². The van der Waals surface area contributed by atoms with Crippen molar-refractivity contribution in [3.63, 3.8) is 0 Å². The largest absolute Gasteiger partial charge is 0.496 e. The van der Waals surface area contributed by atoms with Gasteiger partial charge in [-0.3, -0.25) is 9.59 Å². The summed E-state index contributed by atoms with van der Waals surface area (Å²) in [5.74, 6) is -1.17. The summed E-state index contributed by atoms with van der Waals surface area (Å²) >= 11 is 5.95. The number of halogens is 1. The molecule has 2 rings (SSSR count). The molecular weight excluding hydrogens is 396 g/mol. The molecule has 0 aliphatic carbocycles. The Morgan fingerprint density at radius 1 is 1.14 bits per heavy atom. The van der Waals surface area contributed by atoms with Crippen LogP contribution in [0, 0.1) is 6.92 Å². The lowest BCUT2D eigenvalue weighted by atomic mass is 10.2. The summed E-state index contributed by atoms with van der Waals surface area (Å²) in [6, 6.07) is 11.7. The number of carbonyl (C=O) groups excluding carboxylic acids is 3. The predicted octanol–water partition coefficient (Wildman–Crippen LogP) is 3.30. The molecule has 0 atom stereocenters. The summed E-state index contributed by atoms with van der Waals surface area (Å²) in [5.41, 5.74) is 1.65. The second kappa shape index (κ2) is 10.5. The van der Waals surface area contributed by atoms with E-state index in [4.69, 9.17) is 21.1 Å². The number of carbonyl (C=O) groups is 3. The highest BCUT2D eigenvalue weighted by Gasteiger charge is 2.20. The van der Waals surface area contributed by atoms with E-state index in [0.717, 1.165) is 5.56 Å². The lowest BCUT2D eigenvalue weighted by Crippen LogP contribution is -2.40. The van der Waals surface area contributed by atoms with Crippen LogP contribution in [0.1, 0.15) is 22.8 Å². The van der Waals surface area contributed by atoms with E-state index >= 15 is 0 Å². The Balaban J connectivity index is 1.93. The molecule has 0 heterocycles. The molecule has 0 aromatic heterocycles. The van der Waals surface area contributed by atoms with Gasteiger partial charge in [-0.2, -0.15) is 0 Å². The first kappa shape index (κ1) is 22.2. The average Bonchev–Trinajstić information content (AvgIpc) is 2.72. The normalized spacial score (nSPS) is 10.2. The van der Waals surface area contributed by atoms with E-state index in [1.165, 1.54) is 12.0 Å². The zero-order valence-corrected chi connectivity index (χ0v) is 17.3. The number of aryl methyl sites for hydroxylation is 1. The second-order valence-corrected chi connectivity index (χ2v) is 6.63. The van der Waals surface area contributed by atoms with Crippen molar-refractivity contribution in [2.45, 2.75) is 13.8 Å². The summed E-state index contributed by atoms with van der Waals surface area (Å²) in [7, 11) is 1.44. The van der Waals surface area contributed by atoms with Gasteiger partial charge in [-0.15, -0.1) is 0 Å². The molecule has 0 saturated heterocycles. The van der Waals surface area contributed by atoms with Crippen LogP contribution in [0.15, 0.2) is 42.5 Å². The van der Waals surface area contributed by atoms with Crippen LogP contribution in [0.4, 0.5) is 5.69 Å². The number of hydrogen-bond acceptors (Lipinski definition) is 5. The Hall–Kier alpha value is -3.06. The van der Waals surface area contributed by atoms with Crippen molar-refractivity contribution < 1.29 is 23.9 Å². The lowest BCUT2D eigenvalue weighted by molar-refractivity contribution is -0.137. The van der Waals surface area contributed by atoms with Gasteiger partial charge >= 0.3 is 5.97 Å². The van der Waals surface area contributed by atoms with Crippen molar-refractivity contribution >= 4 is 35.1 Å². The Morgan fingerprint density at radius 2 is 1.86 bits per heavy atom. The van der Waals surface area contributed by atoms with E-state index in [0.29, 0.717) is 16.5 Å². The molecule has 0 fully saturated rings. The van der Waals surface area contributed by atoms with Gasteiger partial charge in [-0.1, -0.05) is 29.8 Å². The molecule has 0 radical (unpaired) electrons. The van der Waals surface area contributed by atoms with Crippen LogP contribution in [-0.4, -0.2) is 49.5 Å². The minimum Gasteiger partial charge on any atom is -0.496 e. The van der Waals surface area contributed by atoms with E-state index in [1.807, 2.05) is 6.92 Å². The van der Waals surface area contributed by atoms with E-state index in [-0.39, 0.29) is 24.6 Å². The van der Waals surface area contributed by atoms with Gasteiger partial charge in [-0.05, 0) is 43.7 Å². The molecule has 7 nitrogen and oxygen atoms in total. The number of esters is 1. The standard InChI is InChI=1S/C21H23ClN2O5/c1-4-24(12-19(25)23-17-11-15(22)10-9-14(17)2)20(26)13-29-21(27)16-7-5-6-8-18(16)28-3/h5-11H,4,12-13H2,1-3H3,(H,23,25). The van der Waals surface area contributed by atoms with Crippen LogP contribution in [0.25, 0.3) is 0 Å². The fourth-order valence-electron chi connectivity index (χ4n) is 2.58. The van der Waals surface area contributed by atoms with Gasteiger partial charge < -0.3 is 19.7 Å². The van der Waals surface area contributed by atoms with Crippen molar-refractivity contribution in [3.8, 4) is 5.75 Å². The molecule has 154 valence electrons. The lowest BCUT2D eigenvalue weighted by Gasteiger charge is -2.20. The molecule has 0 spiro atoms.